The number of hydrogen-bond donors (Lipinski definition) is 1. The van der Waals surface area contributed by atoms with Crippen molar-refractivity contribution in [2.75, 3.05) is 5.73 Å². The second kappa shape index (κ2) is 4.00. The molecule has 0 saturated carbocycles. The van der Waals surface area contributed by atoms with Gasteiger partial charge >= 0.3 is 0 Å². The molecule has 2 aromatic rings. The highest BCUT2D eigenvalue weighted by molar-refractivity contribution is 5.40. The van der Waals surface area contributed by atoms with Gasteiger partial charge in [0.05, 0.1) is 0 Å². The lowest BCUT2D eigenvalue weighted by atomic mass is 10.2. The number of nitrogens with zero attached hydrogens (tertiary/aromatic N) is 1. The van der Waals surface area contributed by atoms with Gasteiger partial charge in [0.15, 0.2) is 5.43 Å². The number of rotatable bonds is 2. The summed E-state index contributed by atoms with van der Waals surface area (Å²) < 4.78 is 1.94. The molecule has 1 heterocycles. The lowest BCUT2D eigenvalue weighted by Gasteiger charge is -2.06. The van der Waals surface area contributed by atoms with Crippen LogP contribution in [0.3, 0.4) is 0 Å². The van der Waals surface area contributed by atoms with E-state index >= 15 is 0 Å². The molecule has 0 fully saturated rings. The molecule has 0 aliphatic carbocycles. The summed E-state index contributed by atoms with van der Waals surface area (Å²) in [6.07, 6.45) is 3.54. The van der Waals surface area contributed by atoms with Crippen LogP contribution < -0.4 is 11.2 Å². The molecule has 15 heavy (non-hydrogen) atoms. The van der Waals surface area contributed by atoms with E-state index in [1.807, 2.05) is 28.8 Å². The summed E-state index contributed by atoms with van der Waals surface area (Å²) in [5.41, 5.74) is 7.59. The van der Waals surface area contributed by atoms with Crippen LogP contribution >= 0.6 is 0 Å². The average molecular weight is 200 g/mol. The number of hydrogen-bond acceptors (Lipinski definition) is 2. The van der Waals surface area contributed by atoms with Crippen LogP contribution in [-0.2, 0) is 6.54 Å². The molecular weight excluding hydrogens is 188 g/mol. The fourth-order valence-electron chi connectivity index (χ4n) is 1.45. The van der Waals surface area contributed by atoms with Crippen molar-refractivity contribution in [3.8, 4) is 0 Å². The van der Waals surface area contributed by atoms with Crippen molar-refractivity contribution in [3.05, 3.63) is 64.6 Å². The zero-order valence-electron chi connectivity index (χ0n) is 8.26. The molecule has 3 heteroatoms. The first-order valence-corrected chi connectivity index (χ1v) is 4.74. The van der Waals surface area contributed by atoms with E-state index in [2.05, 4.69) is 0 Å². The molecule has 0 amide bonds. The Kier molecular flexibility index (Phi) is 2.54. The van der Waals surface area contributed by atoms with Gasteiger partial charge in [-0.2, -0.15) is 0 Å². The molecule has 76 valence electrons. The Morgan fingerprint density at radius 1 is 1.13 bits per heavy atom. The molecule has 3 nitrogen and oxygen atoms in total. The van der Waals surface area contributed by atoms with Crippen molar-refractivity contribution in [2.24, 2.45) is 0 Å². The molecule has 1 aromatic carbocycles. The van der Waals surface area contributed by atoms with Crippen molar-refractivity contribution in [1.29, 1.82) is 0 Å². The van der Waals surface area contributed by atoms with Crippen molar-refractivity contribution in [3.63, 3.8) is 0 Å². The SMILES string of the molecule is Nc1cccc(Cn2ccc(=O)cc2)c1. The van der Waals surface area contributed by atoms with Crippen molar-refractivity contribution >= 4 is 5.69 Å². The molecule has 0 atom stereocenters. The van der Waals surface area contributed by atoms with Crippen LogP contribution in [-0.4, -0.2) is 4.57 Å². The number of benzene rings is 1. The minimum Gasteiger partial charge on any atom is -0.399 e. The van der Waals surface area contributed by atoms with Crippen LogP contribution in [0.1, 0.15) is 5.56 Å². The Labute approximate surface area is 87.8 Å². The highest BCUT2D eigenvalue weighted by atomic mass is 16.1. The summed E-state index contributed by atoms with van der Waals surface area (Å²) in [4.78, 5) is 10.9. The predicted molar refractivity (Wildman–Crippen MR) is 60.7 cm³/mol. The van der Waals surface area contributed by atoms with E-state index in [4.69, 9.17) is 5.73 Å². The Bertz CT molecular complexity index is 497. The van der Waals surface area contributed by atoms with Gasteiger partial charge in [-0.15, -0.1) is 0 Å². The molecule has 0 aliphatic rings. The van der Waals surface area contributed by atoms with Gasteiger partial charge in [-0.25, -0.2) is 0 Å². The molecule has 2 rings (SSSR count). The third-order valence-corrected chi connectivity index (χ3v) is 2.18. The fraction of sp³-hybridized carbons (Fsp3) is 0.0833. The van der Waals surface area contributed by atoms with Crippen molar-refractivity contribution in [2.45, 2.75) is 6.54 Å². The Morgan fingerprint density at radius 2 is 1.87 bits per heavy atom. The normalized spacial score (nSPS) is 10.1. The smallest absolute Gasteiger partial charge is 0.181 e. The number of pyridine rings is 1. The van der Waals surface area contributed by atoms with Crippen LogP contribution in [0.25, 0.3) is 0 Å². The maximum absolute atomic E-state index is 10.9. The molecule has 1 aromatic heterocycles. The molecule has 0 aliphatic heterocycles. The van der Waals surface area contributed by atoms with Crippen LogP contribution in [0.5, 0.6) is 0 Å². The maximum atomic E-state index is 10.9. The van der Waals surface area contributed by atoms with Crippen LogP contribution in [0.2, 0.25) is 0 Å². The van der Waals surface area contributed by atoms with Gasteiger partial charge in [0, 0.05) is 36.8 Å². The zero-order chi connectivity index (χ0) is 10.7. The molecule has 0 bridgehead atoms. The first-order chi connectivity index (χ1) is 7.24. The quantitative estimate of drug-likeness (QED) is 0.746. The summed E-state index contributed by atoms with van der Waals surface area (Å²) in [7, 11) is 0. The van der Waals surface area contributed by atoms with Gasteiger partial charge in [-0.1, -0.05) is 12.1 Å². The Morgan fingerprint density at radius 3 is 2.53 bits per heavy atom. The Balaban J connectivity index is 2.22. The second-order valence-electron chi connectivity index (χ2n) is 3.45. The van der Waals surface area contributed by atoms with Gasteiger partial charge in [-0.3, -0.25) is 4.79 Å². The minimum atomic E-state index is 0.0267. The lowest BCUT2D eigenvalue weighted by molar-refractivity contribution is 0.789. The van der Waals surface area contributed by atoms with Crippen LogP contribution in [0, 0.1) is 0 Å². The fourth-order valence-corrected chi connectivity index (χ4v) is 1.45. The third kappa shape index (κ3) is 2.47. The summed E-state index contributed by atoms with van der Waals surface area (Å²) >= 11 is 0. The van der Waals surface area contributed by atoms with Crippen LogP contribution in [0.15, 0.2) is 53.6 Å². The van der Waals surface area contributed by atoms with Gasteiger partial charge < -0.3 is 10.3 Å². The van der Waals surface area contributed by atoms with E-state index in [0.717, 1.165) is 17.8 Å². The van der Waals surface area contributed by atoms with E-state index in [-0.39, 0.29) is 5.43 Å². The molecular formula is C12H12N2O. The zero-order valence-corrected chi connectivity index (χ0v) is 8.26. The Hall–Kier alpha value is -2.03. The predicted octanol–water partition coefficient (Wildman–Crippen LogP) is 1.48. The van der Waals surface area contributed by atoms with Gasteiger partial charge in [-0.05, 0) is 17.7 Å². The third-order valence-electron chi connectivity index (χ3n) is 2.18. The molecule has 0 radical (unpaired) electrons. The number of anilines is 1. The average Bonchev–Trinajstić information content (AvgIpc) is 2.22. The van der Waals surface area contributed by atoms with Crippen LogP contribution in [0.4, 0.5) is 5.69 Å². The molecule has 0 saturated heterocycles. The standard InChI is InChI=1S/C12H12N2O/c13-11-3-1-2-10(8-11)9-14-6-4-12(15)5-7-14/h1-8H,9,13H2. The molecule has 0 unspecified atom stereocenters. The van der Waals surface area contributed by atoms with Crippen molar-refractivity contribution < 1.29 is 0 Å². The summed E-state index contributed by atoms with van der Waals surface area (Å²) in [5, 5.41) is 0. The number of nitrogen functional groups attached to an aromatic ring is 1. The van der Waals surface area contributed by atoms with E-state index in [0.29, 0.717) is 0 Å². The summed E-state index contributed by atoms with van der Waals surface area (Å²) in [6.45, 7) is 0.727. The van der Waals surface area contributed by atoms with E-state index in [1.165, 1.54) is 0 Å². The van der Waals surface area contributed by atoms with Gasteiger partial charge in [0.1, 0.15) is 0 Å². The highest BCUT2D eigenvalue weighted by Gasteiger charge is 1.94. The van der Waals surface area contributed by atoms with Gasteiger partial charge in [0.25, 0.3) is 0 Å². The largest absolute Gasteiger partial charge is 0.399 e. The number of nitrogens with two attached hydrogens (primary N) is 1. The lowest BCUT2D eigenvalue weighted by Crippen LogP contribution is -2.04. The summed E-state index contributed by atoms with van der Waals surface area (Å²) in [5.74, 6) is 0. The molecule has 2 N–H and O–H groups in total. The van der Waals surface area contributed by atoms with E-state index < -0.39 is 0 Å². The maximum Gasteiger partial charge on any atom is 0.181 e. The van der Waals surface area contributed by atoms with E-state index in [9.17, 15) is 4.79 Å². The van der Waals surface area contributed by atoms with Gasteiger partial charge in [0.2, 0.25) is 0 Å². The second-order valence-corrected chi connectivity index (χ2v) is 3.45. The highest BCUT2D eigenvalue weighted by Crippen LogP contribution is 2.07. The first kappa shape index (κ1) is 9.52. The monoisotopic (exact) mass is 200 g/mol. The van der Waals surface area contributed by atoms with E-state index in [1.54, 1.807) is 24.5 Å². The minimum absolute atomic E-state index is 0.0267. The molecule has 0 spiro atoms. The number of aromatic nitrogens is 1. The van der Waals surface area contributed by atoms with Crippen molar-refractivity contribution in [1.82, 2.24) is 4.57 Å². The summed E-state index contributed by atoms with van der Waals surface area (Å²) in [6, 6.07) is 10.8. The topological polar surface area (TPSA) is 48.0 Å². The first-order valence-electron chi connectivity index (χ1n) is 4.74.